The summed E-state index contributed by atoms with van der Waals surface area (Å²) in [5.41, 5.74) is 0. The van der Waals surface area contributed by atoms with Gasteiger partial charge in [-0.15, -0.1) is 0 Å². The first-order valence-electron chi connectivity index (χ1n) is 4.64. The van der Waals surface area contributed by atoms with Gasteiger partial charge in [0.25, 0.3) is 0 Å². The maximum atomic E-state index is 9.41. The molecule has 0 unspecified atom stereocenters. The molecule has 0 amide bonds. The minimum atomic E-state index is -0.421. The molecule has 70 valence electrons. The molecule has 2 bridgehead atoms. The van der Waals surface area contributed by atoms with Crippen molar-refractivity contribution in [3.8, 4) is 0 Å². The number of hydrogen-bond acceptors (Lipinski definition) is 3. The SMILES string of the molecule is C[C@@H](O)[C@@H]1O[C@@]2(C)CCC[C@@H]1O2. The lowest BCUT2D eigenvalue weighted by Crippen LogP contribution is -2.32. The van der Waals surface area contributed by atoms with Gasteiger partial charge in [0.15, 0.2) is 5.79 Å². The molecule has 4 atom stereocenters. The molecule has 0 spiro atoms. The van der Waals surface area contributed by atoms with Crippen molar-refractivity contribution in [3.05, 3.63) is 0 Å². The van der Waals surface area contributed by atoms with Crippen LogP contribution in [0.25, 0.3) is 0 Å². The van der Waals surface area contributed by atoms with E-state index >= 15 is 0 Å². The second kappa shape index (κ2) is 2.69. The van der Waals surface area contributed by atoms with Gasteiger partial charge in [0, 0.05) is 6.42 Å². The molecule has 0 aliphatic carbocycles. The van der Waals surface area contributed by atoms with Gasteiger partial charge in [-0.05, 0) is 26.7 Å². The highest BCUT2D eigenvalue weighted by molar-refractivity contribution is 4.90. The van der Waals surface area contributed by atoms with Crippen molar-refractivity contribution < 1.29 is 14.6 Å². The van der Waals surface area contributed by atoms with Crippen molar-refractivity contribution in [1.82, 2.24) is 0 Å². The van der Waals surface area contributed by atoms with E-state index in [1.807, 2.05) is 6.92 Å². The Morgan fingerprint density at radius 3 is 2.83 bits per heavy atom. The quantitative estimate of drug-likeness (QED) is 0.642. The highest BCUT2D eigenvalue weighted by Gasteiger charge is 2.48. The molecule has 2 fully saturated rings. The highest BCUT2D eigenvalue weighted by Crippen LogP contribution is 2.40. The Labute approximate surface area is 72.7 Å². The monoisotopic (exact) mass is 172 g/mol. The van der Waals surface area contributed by atoms with Gasteiger partial charge in [-0.2, -0.15) is 0 Å². The largest absolute Gasteiger partial charge is 0.391 e. The Kier molecular flexibility index (Phi) is 1.90. The van der Waals surface area contributed by atoms with Gasteiger partial charge in [0.2, 0.25) is 0 Å². The third kappa shape index (κ3) is 1.26. The normalized spacial score (nSPS) is 49.2. The molecule has 12 heavy (non-hydrogen) atoms. The van der Waals surface area contributed by atoms with Crippen molar-refractivity contribution in [1.29, 1.82) is 0 Å². The van der Waals surface area contributed by atoms with E-state index in [1.165, 1.54) is 0 Å². The third-order valence-electron chi connectivity index (χ3n) is 2.75. The highest BCUT2D eigenvalue weighted by atomic mass is 16.8. The average Bonchev–Trinajstić information content (AvgIpc) is 2.22. The Morgan fingerprint density at radius 1 is 1.50 bits per heavy atom. The van der Waals surface area contributed by atoms with Crippen LogP contribution < -0.4 is 0 Å². The molecule has 0 radical (unpaired) electrons. The Morgan fingerprint density at radius 2 is 2.25 bits per heavy atom. The summed E-state index contributed by atoms with van der Waals surface area (Å²) >= 11 is 0. The lowest BCUT2D eigenvalue weighted by atomic mass is 10.0. The van der Waals surface area contributed by atoms with Gasteiger partial charge < -0.3 is 14.6 Å². The van der Waals surface area contributed by atoms with E-state index in [-0.39, 0.29) is 12.2 Å². The Balaban J connectivity index is 2.12. The molecule has 0 aromatic rings. The first kappa shape index (κ1) is 8.48. The van der Waals surface area contributed by atoms with Crippen molar-refractivity contribution in [2.24, 2.45) is 0 Å². The zero-order valence-electron chi connectivity index (χ0n) is 7.62. The molecule has 1 N–H and O–H groups in total. The number of aliphatic hydroxyl groups excluding tert-OH is 1. The number of ether oxygens (including phenoxy) is 2. The topological polar surface area (TPSA) is 38.7 Å². The lowest BCUT2D eigenvalue weighted by molar-refractivity contribution is -0.183. The molecule has 2 heterocycles. The van der Waals surface area contributed by atoms with E-state index < -0.39 is 11.9 Å². The van der Waals surface area contributed by atoms with Crippen LogP contribution in [0.15, 0.2) is 0 Å². The summed E-state index contributed by atoms with van der Waals surface area (Å²) in [6.45, 7) is 3.72. The van der Waals surface area contributed by atoms with Crippen LogP contribution in [-0.4, -0.2) is 29.2 Å². The maximum absolute atomic E-state index is 9.41. The molecule has 3 heteroatoms. The molecule has 0 aromatic carbocycles. The minimum Gasteiger partial charge on any atom is -0.391 e. The summed E-state index contributed by atoms with van der Waals surface area (Å²) in [6.07, 6.45) is 2.69. The summed E-state index contributed by atoms with van der Waals surface area (Å²) in [7, 11) is 0. The number of hydrogen-bond donors (Lipinski definition) is 1. The van der Waals surface area contributed by atoms with Crippen molar-refractivity contribution in [2.45, 2.75) is 57.2 Å². The third-order valence-corrected chi connectivity index (χ3v) is 2.75. The van der Waals surface area contributed by atoms with Crippen molar-refractivity contribution >= 4 is 0 Å². The average molecular weight is 172 g/mol. The van der Waals surface area contributed by atoms with Crippen LogP contribution in [0.5, 0.6) is 0 Å². The van der Waals surface area contributed by atoms with Crippen LogP contribution in [0.2, 0.25) is 0 Å². The van der Waals surface area contributed by atoms with E-state index in [0.717, 1.165) is 19.3 Å². The molecule has 2 saturated heterocycles. The summed E-state index contributed by atoms with van der Waals surface area (Å²) in [4.78, 5) is 0. The molecular formula is C9H16O3. The van der Waals surface area contributed by atoms with Crippen LogP contribution in [0.1, 0.15) is 33.1 Å². The van der Waals surface area contributed by atoms with Crippen LogP contribution >= 0.6 is 0 Å². The fourth-order valence-corrected chi connectivity index (χ4v) is 2.15. The summed E-state index contributed by atoms with van der Waals surface area (Å²) in [6, 6.07) is 0. The van der Waals surface area contributed by atoms with E-state index in [4.69, 9.17) is 9.47 Å². The van der Waals surface area contributed by atoms with Crippen LogP contribution in [-0.2, 0) is 9.47 Å². The van der Waals surface area contributed by atoms with Crippen molar-refractivity contribution in [2.75, 3.05) is 0 Å². The van der Waals surface area contributed by atoms with E-state index in [0.29, 0.717) is 0 Å². The van der Waals surface area contributed by atoms with Gasteiger partial charge in [0.05, 0.1) is 12.2 Å². The molecule has 3 nitrogen and oxygen atoms in total. The van der Waals surface area contributed by atoms with Gasteiger partial charge in [0.1, 0.15) is 6.10 Å². The maximum Gasteiger partial charge on any atom is 0.166 e. The summed E-state index contributed by atoms with van der Waals surface area (Å²) in [5, 5.41) is 9.41. The zero-order chi connectivity index (χ0) is 8.77. The number of rotatable bonds is 1. The predicted octanol–water partition coefficient (Wildman–Crippen LogP) is 1.05. The molecule has 2 aliphatic heterocycles. The summed E-state index contributed by atoms with van der Waals surface area (Å²) in [5.74, 6) is -0.412. The fourth-order valence-electron chi connectivity index (χ4n) is 2.15. The lowest BCUT2D eigenvalue weighted by Gasteiger charge is -2.26. The van der Waals surface area contributed by atoms with Gasteiger partial charge in [-0.1, -0.05) is 0 Å². The Hall–Kier alpha value is -0.120. The molecule has 2 rings (SSSR count). The second-order valence-corrected chi connectivity index (χ2v) is 4.01. The molecule has 2 aliphatic rings. The molecule has 0 aromatic heterocycles. The Bertz CT molecular complexity index is 181. The second-order valence-electron chi connectivity index (χ2n) is 4.01. The van der Waals surface area contributed by atoms with Crippen LogP contribution in [0.4, 0.5) is 0 Å². The standard InChI is InChI=1S/C9H16O3/c1-6(10)8-7-4-3-5-9(2,11-7)12-8/h6-8,10H,3-5H2,1-2H3/t6-,7+,8+,9+/m1/s1. The van der Waals surface area contributed by atoms with Gasteiger partial charge in [-0.25, -0.2) is 0 Å². The first-order chi connectivity index (χ1) is 5.61. The van der Waals surface area contributed by atoms with Crippen LogP contribution in [0.3, 0.4) is 0 Å². The van der Waals surface area contributed by atoms with Crippen LogP contribution in [0, 0.1) is 0 Å². The zero-order valence-corrected chi connectivity index (χ0v) is 7.62. The van der Waals surface area contributed by atoms with Gasteiger partial charge >= 0.3 is 0 Å². The number of aliphatic hydroxyl groups is 1. The van der Waals surface area contributed by atoms with Gasteiger partial charge in [-0.3, -0.25) is 0 Å². The minimum absolute atomic E-state index is 0.113. The number of fused-ring (bicyclic) bond motifs is 2. The van der Waals surface area contributed by atoms with Crippen molar-refractivity contribution in [3.63, 3.8) is 0 Å². The molecule has 0 saturated carbocycles. The van der Waals surface area contributed by atoms with E-state index in [9.17, 15) is 5.11 Å². The smallest absolute Gasteiger partial charge is 0.166 e. The first-order valence-corrected chi connectivity index (χ1v) is 4.64. The van der Waals surface area contributed by atoms with E-state index in [1.54, 1.807) is 6.92 Å². The fraction of sp³-hybridized carbons (Fsp3) is 1.00. The molecular weight excluding hydrogens is 156 g/mol. The van der Waals surface area contributed by atoms with E-state index in [2.05, 4.69) is 0 Å². The summed E-state index contributed by atoms with van der Waals surface area (Å²) < 4.78 is 11.3. The predicted molar refractivity (Wildman–Crippen MR) is 43.7 cm³/mol.